The highest BCUT2D eigenvalue weighted by molar-refractivity contribution is 6.03. The second kappa shape index (κ2) is 6.54. The summed E-state index contributed by atoms with van der Waals surface area (Å²) < 4.78 is 0. The molecule has 1 aliphatic rings. The molecular formula is C21H19N3O2. The summed E-state index contributed by atoms with van der Waals surface area (Å²) in [5, 5.41) is 17.3. The van der Waals surface area contributed by atoms with Crippen LogP contribution in [0.15, 0.2) is 72.8 Å². The predicted molar refractivity (Wildman–Crippen MR) is 103 cm³/mol. The Morgan fingerprint density at radius 1 is 0.846 bits per heavy atom. The van der Waals surface area contributed by atoms with Crippen LogP contribution in [0.1, 0.15) is 22.1 Å². The Morgan fingerprint density at radius 3 is 2.04 bits per heavy atom. The van der Waals surface area contributed by atoms with Gasteiger partial charge in [0, 0.05) is 29.5 Å². The van der Waals surface area contributed by atoms with Crippen molar-refractivity contribution in [3.05, 3.63) is 83.9 Å². The summed E-state index contributed by atoms with van der Waals surface area (Å²) in [5.74, 6) is -0.185. The molecule has 4 rings (SSSR count). The van der Waals surface area contributed by atoms with Gasteiger partial charge in [0.1, 0.15) is 0 Å². The lowest BCUT2D eigenvalue weighted by atomic mass is 10.0. The highest BCUT2D eigenvalue weighted by atomic mass is 16.3. The van der Waals surface area contributed by atoms with Gasteiger partial charge in [0.05, 0.1) is 11.4 Å². The second-order valence-corrected chi connectivity index (χ2v) is 6.22. The highest BCUT2D eigenvalue weighted by Gasteiger charge is 2.36. The number of nitrogens with one attached hydrogen (secondary N) is 2. The van der Waals surface area contributed by atoms with E-state index in [1.165, 1.54) is 4.90 Å². The number of para-hydroxylation sites is 2. The van der Waals surface area contributed by atoms with Crippen molar-refractivity contribution in [2.45, 2.75) is 6.23 Å². The molecule has 26 heavy (non-hydrogen) atoms. The summed E-state index contributed by atoms with van der Waals surface area (Å²) in [5.41, 5.74) is 4.39. The van der Waals surface area contributed by atoms with E-state index in [0.717, 1.165) is 17.1 Å². The number of nitrogens with zero attached hydrogens (tertiary/aromatic N) is 1. The smallest absolute Gasteiger partial charge is 0.256 e. The zero-order chi connectivity index (χ0) is 18.1. The van der Waals surface area contributed by atoms with Crippen LogP contribution in [0.2, 0.25) is 0 Å². The van der Waals surface area contributed by atoms with Gasteiger partial charge in [-0.25, -0.2) is 0 Å². The Labute approximate surface area is 151 Å². The summed E-state index contributed by atoms with van der Waals surface area (Å²) in [4.78, 5) is 13.7. The summed E-state index contributed by atoms with van der Waals surface area (Å²) in [6.07, 6.45) is -0.985. The SMILES string of the molecule is CN1C(=O)c2ccc(Nc3ccccc3)c(Nc3ccccc3)c2C1O. The molecule has 0 fully saturated rings. The van der Waals surface area contributed by atoms with Gasteiger partial charge in [-0.05, 0) is 36.4 Å². The Balaban J connectivity index is 1.83. The van der Waals surface area contributed by atoms with Gasteiger partial charge in [-0.3, -0.25) is 4.79 Å². The van der Waals surface area contributed by atoms with Crippen molar-refractivity contribution in [3.63, 3.8) is 0 Å². The molecule has 0 spiro atoms. The molecule has 0 aromatic heterocycles. The Bertz CT molecular complexity index is 942. The zero-order valence-corrected chi connectivity index (χ0v) is 14.3. The van der Waals surface area contributed by atoms with Crippen LogP contribution >= 0.6 is 0 Å². The standard InChI is InChI=1S/C21H19N3O2/c1-24-20(25)16-12-13-17(22-14-8-4-2-5-9-14)19(18(16)21(24)26)23-15-10-6-3-7-11-15/h2-13,21-23,26H,1H3. The number of benzene rings is 3. The number of hydrogen-bond donors (Lipinski definition) is 3. The first-order valence-corrected chi connectivity index (χ1v) is 8.41. The first kappa shape index (κ1) is 16.2. The minimum Gasteiger partial charge on any atom is -0.369 e. The minimum atomic E-state index is -0.985. The minimum absolute atomic E-state index is 0.185. The van der Waals surface area contributed by atoms with Crippen molar-refractivity contribution >= 4 is 28.7 Å². The third-order valence-electron chi connectivity index (χ3n) is 4.52. The number of carbonyl (C=O) groups excluding carboxylic acids is 1. The fourth-order valence-electron chi connectivity index (χ4n) is 3.15. The van der Waals surface area contributed by atoms with E-state index < -0.39 is 6.23 Å². The number of rotatable bonds is 4. The number of hydrogen-bond acceptors (Lipinski definition) is 4. The molecule has 0 bridgehead atoms. The largest absolute Gasteiger partial charge is 0.369 e. The van der Waals surface area contributed by atoms with Gasteiger partial charge >= 0.3 is 0 Å². The molecule has 1 atom stereocenters. The van der Waals surface area contributed by atoms with Gasteiger partial charge in [-0.2, -0.15) is 0 Å². The van der Waals surface area contributed by atoms with E-state index >= 15 is 0 Å². The molecule has 1 amide bonds. The first-order valence-electron chi connectivity index (χ1n) is 8.41. The molecule has 0 saturated carbocycles. The molecule has 3 aromatic carbocycles. The van der Waals surface area contributed by atoms with Crippen LogP contribution in [0.5, 0.6) is 0 Å². The molecule has 5 nitrogen and oxygen atoms in total. The van der Waals surface area contributed by atoms with E-state index in [0.29, 0.717) is 16.8 Å². The van der Waals surface area contributed by atoms with Crippen LogP contribution in [-0.2, 0) is 0 Å². The maximum atomic E-state index is 12.4. The van der Waals surface area contributed by atoms with E-state index in [-0.39, 0.29) is 5.91 Å². The van der Waals surface area contributed by atoms with E-state index in [2.05, 4.69) is 10.6 Å². The van der Waals surface area contributed by atoms with E-state index in [1.807, 2.05) is 66.7 Å². The molecule has 5 heteroatoms. The lowest BCUT2D eigenvalue weighted by molar-refractivity contribution is 0.0304. The molecule has 0 radical (unpaired) electrons. The van der Waals surface area contributed by atoms with Crippen molar-refractivity contribution in [2.24, 2.45) is 0 Å². The summed E-state index contributed by atoms with van der Waals surface area (Å²) in [7, 11) is 1.60. The number of aliphatic hydroxyl groups excluding tert-OH is 1. The lowest BCUT2D eigenvalue weighted by Gasteiger charge is -2.20. The van der Waals surface area contributed by atoms with Crippen LogP contribution in [-0.4, -0.2) is 23.0 Å². The number of amides is 1. The van der Waals surface area contributed by atoms with Crippen molar-refractivity contribution in [2.75, 3.05) is 17.7 Å². The fraction of sp³-hybridized carbons (Fsp3) is 0.0952. The summed E-state index contributed by atoms with van der Waals surface area (Å²) in [6.45, 7) is 0. The van der Waals surface area contributed by atoms with E-state index in [1.54, 1.807) is 13.1 Å². The molecule has 0 saturated heterocycles. The van der Waals surface area contributed by atoms with Gasteiger partial charge in [-0.15, -0.1) is 0 Å². The second-order valence-electron chi connectivity index (χ2n) is 6.22. The van der Waals surface area contributed by atoms with Gasteiger partial charge in [0.25, 0.3) is 5.91 Å². The van der Waals surface area contributed by atoms with Crippen molar-refractivity contribution < 1.29 is 9.90 Å². The van der Waals surface area contributed by atoms with Gasteiger partial charge < -0.3 is 20.6 Å². The summed E-state index contributed by atoms with van der Waals surface area (Å²) in [6, 6.07) is 23.1. The van der Waals surface area contributed by atoms with Gasteiger partial charge in [-0.1, -0.05) is 36.4 Å². The Hall–Kier alpha value is -3.31. The van der Waals surface area contributed by atoms with Crippen LogP contribution in [0.3, 0.4) is 0 Å². The molecule has 3 aromatic rings. The number of fused-ring (bicyclic) bond motifs is 1. The monoisotopic (exact) mass is 345 g/mol. The number of aliphatic hydroxyl groups is 1. The van der Waals surface area contributed by atoms with Crippen molar-refractivity contribution in [1.82, 2.24) is 4.90 Å². The van der Waals surface area contributed by atoms with Crippen molar-refractivity contribution in [3.8, 4) is 0 Å². The predicted octanol–water partition coefficient (Wildman–Crippen LogP) is 4.25. The molecule has 1 aliphatic heterocycles. The van der Waals surface area contributed by atoms with Crippen molar-refractivity contribution in [1.29, 1.82) is 0 Å². The normalized spacial score (nSPS) is 15.7. The highest BCUT2D eigenvalue weighted by Crippen LogP contribution is 2.42. The average molecular weight is 345 g/mol. The fourth-order valence-corrected chi connectivity index (χ4v) is 3.15. The van der Waals surface area contributed by atoms with Gasteiger partial charge in [0.15, 0.2) is 6.23 Å². The third kappa shape index (κ3) is 2.78. The number of anilines is 4. The van der Waals surface area contributed by atoms with E-state index in [9.17, 15) is 9.90 Å². The van der Waals surface area contributed by atoms with Crippen LogP contribution in [0, 0.1) is 0 Å². The Kier molecular flexibility index (Phi) is 4.07. The molecule has 3 N–H and O–H groups in total. The molecule has 1 unspecified atom stereocenters. The average Bonchev–Trinajstić information content (AvgIpc) is 2.89. The van der Waals surface area contributed by atoms with E-state index in [4.69, 9.17) is 0 Å². The molecule has 1 heterocycles. The molecule has 130 valence electrons. The third-order valence-corrected chi connectivity index (χ3v) is 4.52. The maximum Gasteiger partial charge on any atom is 0.256 e. The lowest BCUT2D eigenvalue weighted by Crippen LogP contribution is -2.22. The Morgan fingerprint density at radius 2 is 1.42 bits per heavy atom. The molecular weight excluding hydrogens is 326 g/mol. The van der Waals surface area contributed by atoms with Crippen LogP contribution in [0.4, 0.5) is 22.7 Å². The molecule has 0 aliphatic carbocycles. The topological polar surface area (TPSA) is 64.6 Å². The quantitative estimate of drug-likeness (QED) is 0.661. The zero-order valence-electron chi connectivity index (χ0n) is 14.3. The maximum absolute atomic E-state index is 12.4. The summed E-state index contributed by atoms with van der Waals surface area (Å²) >= 11 is 0. The van der Waals surface area contributed by atoms with Crippen LogP contribution < -0.4 is 10.6 Å². The van der Waals surface area contributed by atoms with Gasteiger partial charge in [0.2, 0.25) is 0 Å². The first-order chi connectivity index (χ1) is 12.6. The number of carbonyl (C=O) groups is 1. The van der Waals surface area contributed by atoms with Crippen LogP contribution in [0.25, 0.3) is 0 Å².